The summed E-state index contributed by atoms with van der Waals surface area (Å²) in [5.74, 6) is -1.25. The molecule has 112 valence electrons. The van der Waals surface area contributed by atoms with E-state index in [4.69, 9.17) is 5.11 Å². The molecular weight excluding hydrogens is 293 g/mol. The second-order valence-electron chi connectivity index (χ2n) is 5.04. The number of thioether (sulfide) groups is 1. The number of nitrogens with zero attached hydrogens (tertiary/aromatic N) is 3. The Bertz CT molecular complexity index is 668. The van der Waals surface area contributed by atoms with E-state index in [1.54, 1.807) is 6.07 Å². The molecular formula is C14H16FN3O2S. The third-order valence-electron chi connectivity index (χ3n) is 3.50. The van der Waals surface area contributed by atoms with Crippen LogP contribution in [0.5, 0.6) is 0 Å². The largest absolute Gasteiger partial charge is 0.481 e. The van der Waals surface area contributed by atoms with E-state index in [-0.39, 0.29) is 11.6 Å². The van der Waals surface area contributed by atoms with Gasteiger partial charge in [0, 0.05) is 19.2 Å². The summed E-state index contributed by atoms with van der Waals surface area (Å²) in [7, 11) is 0. The summed E-state index contributed by atoms with van der Waals surface area (Å²) in [6.45, 7) is 1.76. The number of halogens is 1. The number of benzene rings is 1. The molecule has 1 N–H and O–H groups in total. The minimum atomic E-state index is -0.886. The summed E-state index contributed by atoms with van der Waals surface area (Å²) in [5.41, 5.74) is 1.39. The molecule has 0 unspecified atom stereocenters. The zero-order chi connectivity index (χ0) is 14.8. The highest BCUT2D eigenvalue weighted by molar-refractivity contribution is 7.99. The Morgan fingerprint density at radius 2 is 2.10 bits per heavy atom. The van der Waals surface area contributed by atoms with E-state index >= 15 is 0 Å². The van der Waals surface area contributed by atoms with Crippen LogP contribution in [0.2, 0.25) is 0 Å². The molecule has 1 aliphatic heterocycles. The summed E-state index contributed by atoms with van der Waals surface area (Å²) >= 11 is 1.17. The fourth-order valence-electron chi connectivity index (χ4n) is 2.58. The van der Waals surface area contributed by atoms with Crippen LogP contribution in [-0.4, -0.2) is 39.6 Å². The molecule has 1 aromatic heterocycles. The van der Waals surface area contributed by atoms with E-state index < -0.39 is 5.97 Å². The highest BCUT2D eigenvalue weighted by Crippen LogP contribution is 2.26. The van der Waals surface area contributed by atoms with Gasteiger partial charge in [0.2, 0.25) is 0 Å². The van der Waals surface area contributed by atoms with Crippen LogP contribution in [0.25, 0.3) is 11.0 Å². The lowest BCUT2D eigenvalue weighted by Gasteiger charge is -2.31. The lowest BCUT2D eigenvalue weighted by Crippen LogP contribution is -2.39. The summed E-state index contributed by atoms with van der Waals surface area (Å²) in [6.07, 6.45) is 3.35. The van der Waals surface area contributed by atoms with E-state index in [9.17, 15) is 9.18 Å². The fraction of sp³-hybridized carbons (Fsp3) is 0.429. The average molecular weight is 309 g/mol. The molecule has 5 nitrogen and oxygen atoms in total. The molecule has 3 rings (SSSR count). The molecule has 7 heteroatoms. The first-order chi connectivity index (χ1) is 10.1. The topological polar surface area (TPSA) is 58.4 Å². The molecule has 1 saturated heterocycles. The molecule has 0 amide bonds. The number of carboxylic acid groups (broad SMARTS) is 1. The maximum absolute atomic E-state index is 13.5. The van der Waals surface area contributed by atoms with E-state index in [2.05, 4.69) is 9.99 Å². The van der Waals surface area contributed by atoms with Crippen LogP contribution >= 0.6 is 11.8 Å². The van der Waals surface area contributed by atoms with Gasteiger partial charge in [0.15, 0.2) is 5.16 Å². The number of carboxylic acids is 1. The van der Waals surface area contributed by atoms with Gasteiger partial charge in [-0.15, -0.1) is 0 Å². The predicted molar refractivity (Wildman–Crippen MR) is 79.9 cm³/mol. The van der Waals surface area contributed by atoms with E-state index in [1.807, 2.05) is 4.68 Å². The first kappa shape index (κ1) is 14.2. The third-order valence-corrected chi connectivity index (χ3v) is 4.42. The van der Waals surface area contributed by atoms with Crippen molar-refractivity contribution in [3.63, 3.8) is 0 Å². The van der Waals surface area contributed by atoms with Gasteiger partial charge in [0.25, 0.3) is 0 Å². The highest BCUT2D eigenvalue weighted by Gasteiger charge is 2.19. The molecule has 0 spiro atoms. The molecule has 0 saturated carbocycles. The van der Waals surface area contributed by atoms with Crippen LogP contribution in [0.3, 0.4) is 0 Å². The van der Waals surface area contributed by atoms with E-state index in [0.717, 1.165) is 25.9 Å². The van der Waals surface area contributed by atoms with Crippen LogP contribution in [0.15, 0.2) is 23.4 Å². The lowest BCUT2D eigenvalue weighted by molar-refractivity contribution is -0.133. The van der Waals surface area contributed by atoms with Crippen molar-refractivity contribution < 1.29 is 14.3 Å². The maximum atomic E-state index is 13.5. The number of hydrogen-bond acceptors (Lipinski definition) is 4. The van der Waals surface area contributed by atoms with Crippen LogP contribution < -0.4 is 5.01 Å². The van der Waals surface area contributed by atoms with Crippen molar-refractivity contribution in [3.05, 3.63) is 24.0 Å². The number of piperidine rings is 1. The van der Waals surface area contributed by atoms with Crippen molar-refractivity contribution in [2.75, 3.05) is 23.9 Å². The predicted octanol–water partition coefficient (Wildman–Crippen LogP) is 2.47. The third kappa shape index (κ3) is 2.97. The molecule has 1 aliphatic rings. The minimum Gasteiger partial charge on any atom is -0.481 e. The smallest absolute Gasteiger partial charge is 0.313 e. The van der Waals surface area contributed by atoms with E-state index in [0.29, 0.717) is 16.2 Å². The fourth-order valence-corrected chi connectivity index (χ4v) is 3.34. The Hall–Kier alpha value is -1.76. The van der Waals surface area contributed by atoms with Crippen molar-refractivity contribution in [3.8, 4) is 0 Å². The van der Waals surface area contributed by atoms with Gasteiger partial charge >= 0.3 is 5.97 Å². The van der Waals surface area contributed by atoms with Crippen molar-refractivity contribution in [2.24, 2.45) is 0 Å². The minimum absolute atomic E-state index is 0.0559. The second-order valence-corrected chi connectivity index (χ2v) is 5.98. The first-order valence-corrected chi connectivity index (χ1v) is 7.91. The number of carbonyl (C=O) groups is 1. The van der Waals surface area contributed by atoms with Crippen molar-refractivity contribution in [2.45, 2.75) is 24.4 Å². The Morgan fingerprint density at radius 1 is 1.33 bits per heavy atom. The molecule has 0 aliphatic carbocycles. The van der Waals surface area contributed by atoms with Crippen LogP contribution in [-0.2, 0) is 4.79 Å². The van der Waals surface area contributed by atoms with Crippen LogP contribution in [0.1, 0.15) is 19.3 Å². The standard InChI is InChI=1S/C14H16FN3O2S/c15-10-4-5-11-12(8-10)18(17-6-2-1-3-7-17)14(16-11)21-9-13(19)20/h4-5,8H,1-3,6-7,9H2,(H,19,20). The summed E-state index contributed by atoms with van der Waals surface area (Å²) in [5, 5.41) is 11.6. The molecule has 1 aromatic carbocycles. The quantitative estimate of drug-likeness (QED) is 0.879. The summed E-state index contributed by atoms with van der Waals surface area (Å²) < 4.78 is 15.4. The monoisotopic (exact) mass is 309 g/mol. The number of hydrogen-bond donors (Lipinski definition) is 1. The second kappa shape index (κ2) is 5.93. The van der Waals surface area contributed by atoms with Gasteiger partial charge < -0.3 is 10.1 Å². The van der Waals surface area contributed by atoms with Crippen LogP contribution in [0.4, 0.5) is 4.39 Å². The number of imidazole rings is 1. The number of rotatable bonds is 4. The Morgan fingerprint density at radius 3 is 2.81 bits per heavy atom. The highest BCUT2D eigenvalue weighted by atomic mass is 32.2. The zero-order valence-electron chi connectivity index (χ0n) is 11.5. The number of aliphatic carboxylic acids is 1. The molecule has 1 fully saturated rings. The number of aromatic nitrogens is 2. The molecule has 0 radical (unpaired) electrons. The SMILES string of the molecule is O=C(O)CSc1nc2ccc(F)cc2n1N1CCCCC1. The first-order valence-electron chi connectivity index (χ1n) is 6.93. The zero-order valence-corrected chi connectivity index (χ0v) is 12.3. The Balaban J connectivity index is 2.04. The molecule has 2 heterocycles. The van der Waals surface area contributed by atoms with Gasteiger partial charge in [-0.25, -0.2) is 14.1 Å². The average Bonchev–Trinajstić information content (AvgIpc) is 2.83. The van der Waals surface area contributed by atoms with E-state index in [1.165, 1.54) is 30.3 Å². The Labute approximate surface area is 125 Å². The van der Waals surface area contributed by atoms with Crippen LogP contribution in [0, 0.1) is 5.82 Å². The van der Waals surface area contributed by atoms with Gasteiger partial charge in [-0.3, -0.25) is 4.79 Å². The van der Waals surface area contributed by atoms with Crippen molar-refractivity contribution in [1.82, 2.24) is 9.66 Å². The molecule has 2 aromatic rings. The van der Waals surface area contributed by atoms with Gasteiger partial charge in [-0.2, -0.15) is 0 Å². The summed E-state index contributed by atoms with van der Waals surface area (Å²) in [6, 6.07) is 4.47. The molecule has 0 atom stereocenters. The van der Waals surface area contributed by atoms with Gasteiger partial charge in [0.1, 0.15) is 5.82 Å². The Kier molecular flexibility index (Phi) is 4.01. The molecule has 21 heavy (non-hydrogen) atoms. The van der Waals surface area contributed by atoms with Gasteiger partial charge in [0.05, 0.1) is 16.8 Å². The lowest BCUT2D eigenvalue weighted by atomic mass is 10.2. The van der Waals surface area contributed by atoms with Crippen molar-refractivity contribution >= 4 is 28.8 Å². The van der Waals surface area contributed by atoms with Crippen molar-refractivity contribution in [1.29, 1.82) is 0 Å². The number of fused-ring (bicyclic) bond motifs is 1. The molecule has 0 bridgehead atoms. The normalized spacial score (nSPS) is 15.6. The summed E-state index contributed by atoms with van der Waals surface area (Å²) in [4.78, 5) is 15.3. The van der Waals surface area contributed by atoms with Gasteiger partial charge in [-0.05, 0) is 31.4 Å². The van der Waals surface area contributed by atoms with Gasteiger partial charge in [-0.1, -0.05) is 11.8 Å². The maximum Gasteiger partial charge on any atom is 0.313 e.